The lowest BCUT2D eigenvalue weighted by molar-refractivity contribution is 0.0944. The Morgan fingerprint density at radius 1 is 1.43 bits per heavy atom. The highest BCUT2D eigenvalue weighted by Crippen LogP contribution is 2.39. The van der Waals surface area contributed by atoms with Crippen molar-refractivity contribution in [3.8, 4) is 11.5 Å². The van der Waals surface area contributed by atoms with Crippen molar-refractivity contribution in [3.05, 3.63) is 22.2 Å². The standard InChI is InChI=1S/C14H17BrN2O3.ClH/c15-11-4-10(5-12-13(11)20-8-19-12)14(18)17-7-9-2-1-3-16-6-9;/h4-5,9,16H,1-3,6-8H2,(H,17,18);1H. The van der Waals surface area contributed by atoms with E-state index < -0.39 is 0 Å². The highest BCUT2D eigenvalue weighted by atomic mass is 79.9. The summed E-state index contributed by atoms with van der Waals surface area (Å²) in [6.07, 6.45) is 2.34. The van der Waals surface area contributed by atoms with Gasteiger partial charge < -0.3 is 20.1 Å². The maximum absolute atomic E-state index is 12.2. The number of nitrogens with one attached hydrogen (secondary N) is 2. The molecule has 0 saturated carbocycles. The summed E-state index contributed by atoms with van der Waals surface area (Å²) >= 11 is 3.40. The molecule has 5 nitrogen and oxygen atoms in total. The quantitative estimate of drug-likeness (QED) is 0.849. The second-order valence-corrected chi connectivity index (χ2v) is 5.97. The first-order chi connectivity index (χ1) is 9.74. The number of hydrogen-bond acceptors (Lipinski definition) is 4. The molecule has 1 unspecified atom stereocenters. The molecule has 116 valence electrons. The molecule has 0 aliphatic carbocycles. The van der Waals surface area contributed by atoms with Crippen LogP contribution in [0.2, 0.25) is 0 Å². The van der Waals surface area contributed by atoms with Crippen molar-refractivity contribution in [2.45, 2.75) is 12.8 Å². The van der Waals surface area contributed by atoms with Crippen molar-refractivity contribution in [2.75, 3.05) is 26.4 Å². The molecule has 1 amide bonds. The Morgan fingerprint density at radius 3 is 3.05 bits per heavy atom. The molecule has 0 bridgehead atoms. The molecule has 2 aliphatic rings. The number of ether oxygens (including phenoxy) is 2. The van der Waals surface area contributed by atoms with E-state index in [4.69, 9.17) is 9.47 Å². The van der Waals surface area contributed by atoms with Gasteiger partial charge in [0.2, 0.25) is 6.79 Å². The monoisotopic (exact) mass is 376 g/mol. The van der Waals surface area contributed by atoms with Crippen LogP contribution in [0.5, 0.6) is 11.5 Å². The minimum absolute atomic E-state index is 0. The average Bonchev–Trinajstić information content (AvgIpc) is 2.95. The SMILES string of the molecule is Cl.O=C(NCC1CCCNC1)c1cc(Br)c2c(c1)OCO2. The second-order valence-electron chi connectivity index (χ2n) is 5.11. The number of benzene rings is 1. The van der Waals surface area contributed by atoms with Gasteiger partial charge in [0, 0.05) is 12.1 Å². The molecule has 7 heteroatoms. The Kier molecular flexibility index (Phi) is 5.72. The van der Waals surface area contributed by atoms with E-state index in [2.05, 4.69) is 26.6 Å². The van der Waals surface area contributed by atoms with Crippen molar-refractivity contribution in [2.24, 2.45) is 5.92 Å². The van der Waals surface area contributed by atoms with Crippen molar-refractivity contribution in [1.82, 2.24) is 10.6 Å². The van der Waals surface area contributed by atoms with E-state index in [0.717, 1.165) is 24.0 Å². The van der Waals surface area contributed by atoms with Crippen LogP contribution in [0.1, 0.15) is 23.2 Å². The lowest BCUT2D eigenvalue weighted by Crippen LogP contribution is -2.38. The Morgan fingerprint density at radius 2 is 2.29 bits per heavy atom. The van der Waals surface area contributed by atoms with Crippen LogP contribution in [0.15, 0.2) is 16.6 Å². The summed E-state index contributed by atoms with van der Waals surface area (Å²) in [6, 6.07) is 3.49. The number of hydrogen-bond donors (Lipinski definition) is 2. The van der Waals surface area contributed by atoms with Gasteiger partial charge in [0.05, 0.1) is 4.47 Å². The Bertz CT molecular complexity index is 521. The van der Waals surface area contributed by atoms with E-state index >= 15 is 0 Å². The van der Waals surface area contributed by atoms with Crippen LogP contribution in [0.25, 0.3) is 0 Å². The summed E-state index contributed by atoms with van der Waals surface area (Å²) in [7, 11) is 0. The molecule has 0 spiro atoms. The lowest BCUT2D eigenvalue weighted by atomic mass is 9.99. The summed E-state index contributed by atoms with van der Waals surface area (Å²) in [5, 5.41) is 6.34. The molecular weight excluding hydrogens is 360 g/mol. The third-order valence-electron chi connectivity index (χ3n) is 3.64. The first-order valence-electron chi connectivity index (χ1n) is 6.82. The number of fused-ring (bicyclic) bond motifs is 1. The zero-order valence-corrected chi connectivity index (χ0v) is 13.9. The number of piperidine rings is 1. The molecule has 1 fully saturated rings. The van der Waals surface area contributed by atoms with Crippen molar-refractivity contribution in [3.63, 3.8) is 0 Å². The molecule has 21 heavy (non-hydrogen) atoms. The summed E-state index contributed by atoms with van der Waals surface area (Å²) < 4.78 is 11.4. The molecule has 2 aliphatic heterocycles. The molecule has 0 aromatic heterocycles. The van der Waals surface area contributed by atoms with E-state index in [0.29, 0.717) is 29.5 Å². The second kappa shape index (κ2) is 7.33. The number of amides is 1. The minimum Gasteiger partial charge on any atom is -0.454 e. The predicted octanol–water partition coefficient (Wildman–Crippen LogP) is 2.33. The molecule has 0 radical (unpaired) electrons. The first kappa shape index (κ1) is 16.4. The molecule has 1 saturated heterocycles. The lowest BCUT2D eigenvalue weighted by Gasteiger charge is -2.22. The number of carbonyl (C=O) groups excluding carboxylic acids is 1. The Hall–Kier alpha value is -0.980. The first-order valence-corrected chi connectivity index (χ1v) is 7.61. The van der Waals surface area contributed by atoms with Gasteiger partial charge in [-0.05, 0) is 59.9 Å². The van der Waals surface area contributed by atoms with Gasteiger partial charge in [0.25, 0.3) is 5.91 Å². The van der Waals surface area contributed by atoms with Crippen LogP contribution in [0.4, 0.5) is 0 Å². The molecule has 3 rings (SSSR count). The summed E-state index contributed by atoms with van der Waals surface area (Å²) in [4.78, 5) is 12.2. The zero-order valence-electron chi connectivity index (χ0n) is 11.5. The highest BCUT2D eigenvalue weighted by molar-refractivity contribution is 9.10. The Balaban J connectivity index is 0.00000161. The third kappa shape index (κ3) is 3.81. The van der Waals surface area contributed by atoms with Gasteiger partial charge in [-0.25, -0.2) is 0 Å². The highest BCUT2D eigenvalue weighted by Gasteiger charge is 2.21. The van der Waals surface area contributed by atoms with Crippen LogP contribution in [-0.4, -0.2) is 32.3 Å². The predicted molar refractivity (Wildman–Crippen MR) is 85.4 cm³/mol. The number of halogens is 2. The smallest absolute Gasteiger partial charge is 0.251 e. The summed E-state index contributed by atoms with van der Waals surface area (Å²) in [5.74, 6) is 1.72. The van der Waals surface area contributed by atoms with E-state index in [9.17, 15) is 4.79 Å². The van der Waals surface area contributed by atoms with Crippen LogP contribution < -0.4 is 20.1 Å². The number of rotatable bonds is 3. The fourth-order valence-electron chi connectivity index (χ4n) is 2.54. The van der Waals surface area contributed by atoms with E-state index in [1.54, 1.807) is 12.1 Å². The molecule has 2 heterocycles. The van der Waals surface area contributed by atoms with Crippen LogP contribution in [0, 0.1) is 5.92 Å². The maximum atomic E-state index is 12.2. The molecule has 2 N–H and O–H groups in total. The fourth-order valence-corrected chi connectivity index (χ4v) is 3.09. The van der Waals surface area contributed by atoms with Gasteiger partial charge in [-0.2, -0.15) is 0 Å². The summed E-state index contributed by atoms with van der Waals surface area (Å²) in [6.45, 7) is 2.97. The van der Waals surface area contributed by atoms with Crippen molar-refractivity contribution >= 4 is 34.2 Å². The van der Waals surface area contributed by atoms with Gasteiger partial charge in [-0.15, -0.1) is 12.4 Å². The number of carbonyl (C=O) groups is 1. The largest absolute Gasteiger partial charge is 0.454 e. The van der Waals surface area contributed by atoms with E-state index in [1.807, 2.05) is 0 Å². The van der Waals surface area contributed by atoms with Gasteiger partial charge in [0.15, 0.2) is 11.5 Å². The van der Waals surface area contributed by atoms with Crippen LogP contribution in [-0.2, 0) is 0 Å². The maximum Gasteiger partial charge on any atom is 0.251 e. The molecule has 1 aromatic rings. The van der Waals surface area contributed by atoms with Crippen molar-refractivity contribution < 1.29 is 14.3 Å². The van der Waals surface area contributed by atoms with Crippen LogP contribution >= 0.6 is 28.3 Å². The minimum atomic E-state index is -0.0745. The fraction of sp³-hybridized carbons (Fsp3) is 0.500. The third-order valence-corrected chi connectivity index (χ3v) is 4.23. The van der Waals surface area contributed by atoms with Crippen molar-refractivity contribution in [1.29, 1.82) is 0 Å². The Labute approximate surface area is 138 Å². The van der Waals surface area contributed by atoms with E-state index in [-0.39, 0.29) is 25.1 Å². The average molecular weight is 378 g/mol. The van der Waals surface area contributed by atoms with Crippen LogP contribution in [0.3, 0.4) is 0 Å². The van der Waals surface area contributed by atoms with Gasteiger partial charge in [0.1, 0.15) is 0 Å². The normalized spacial score (nSPS) is 19.8. The topological polar surface area (TPSA) is 59.6 Å². The van der Waals surface area contributed by atoms with Gasteiger partial charge >= 0.3 is 0 Å². The molecular formula is C14H18BrClN2O3. The zero-order chi connectivity index (χ0) is 13.9. The summed E-state index contributed by atoms with van der Waals surface area (Å²) in [5.41, 5.74) is 0.588. The molecule has 1 aromatic carbocycles. The van der Waals surface area contributed by atoms with E-state index in [1.165, 1.54) is 6.42 Å². The molecule has 1 atom stereocenters. The van der Waals surface area contributed by atoms with Gasteiger partial charge in [-0.3, -0.25) is 4.79 Å². The van der Waals surface area contributed by atoms with Gasteiger partial charge in [-0.1, -0.05) is 0 Å².